The maximum absolute atomic E-state index is 9.15. The minimum atomic E-state index is -0.724. The van der Waals surface area contributed by atoms with Crippen LogP contribution in [0.15, 0.2) is 18.2 Å². The van der Waals surface area contributed by atoms with E-state index >= 15 is 0 Å². The first-order valence-corrected chi connectivity index (χ1v) is 4.87. The van der Waals surface area contributed by atoms with Gasteiger partial charge in [0.15, 0.2) is 0 Å². The van der Waals surface area contributed by atoms with Crippen LogP contribution in [0.3, 0.4) is 0 Å². The van der Waals surface area contributed by atoms with Gasteiger partial charge < -0.3 is 21.3 Å². The lowest BCUT2D eigenvalue weighted by Gasteiger charge is -2.28. The Morgan fingerprint density at radius 2 is 1.93 bits per heavy atom. The second-order valence-electron chi connectivity index (χ2n) is 4.02. The molecule has 5 N–H and O–H groups in total. The molecule has 0 saturated heterocycles. The maximum atomic E-state index is 9.15. The zero-order chi connectivity index (χ0) is 11.5. The van der Waals surface area contributed by atoms with Crippen molar-refractivity contribution in [3.05, 3.63) is 23.8 Å². The summed E-state index contributed by atoms with van der Waals surface area (Å²) < 4.78 is 0. The number of nitrogens with one attached hydrogen (secondary N) is 1. The van der Waals surface area contributed by atoms with Crippen LogP contribution in [-0.4, -0.2) is 29.0 Å². The molecule has 0 fully saturated rings. The van der Waals surface area contributed by atoms with Gasteiger partial charge in [0, 0.05) is 11.4 Å². The lowest BCUT2D eigenvalue weighted by Crippen LogP contribution is -2.42. The van der Waals surface area contributed by atoms with Crippen LogP contribution in [0.2, 0.25) is 0 Å². The lowest BCUT2D eigenvalue weighted by atomic mass is 10.0. The standard InChI is InChI=1S/C11H18N2O2/c1-8-9(12)4-3-5-10(8)13-11(2,6-14)7-15/h3-5,13-15H,6-7,12H2,1-2H3. The summed E-state index contributed by atoms with van der Waals surface area (Å²) in [5.74, 6) is 0. The normalized spacial score (nSPS) is 11.5. The minimum absolute atomic E-state index is 0.141. The summed E-state index contributed by atoms with van der Waals surface area (Å²) in [6, 6.07) is 5.52. The van der Waals surface area contributed by atoms with Crippen LogP contribution in [0.4, 0.5) is 11.4 Å². The highest BCUT2D eigenvalue weighted by Gasteiger charge is 2.22. The van der Waals surface area contributed by atoms with E-state index in [1.54, 1.807) is 6.92 Å². The number of rotatable bonds is 4. The Bertz CT molecular complexity index is 335. The van der Waals surface area contributed by atoms with E-state index in [9.17, 15) is 0 Å². The Balaban J connectivity index is 2.94. The highest BCUT2D eigenvalue weighted by atomic mass is 16.3. The molecule has 0 bridgehead atoms. The molecule has 0 aliphatic heterocycles. The van der Waals surface area contributed by atoms with Crippen molar-refractivity contribution in [2.75, 3.05) is 24.3 Å². The summed E-state index contributed by atoms with van der Waals surface area (Å²) in [5.41, 5.74) is 7.48. The molecule has 4 heteroatoms. The summed E-state index contributed by atoms with van der Waals surface area (Å²) in [7, 11) is 0. The minimum Gasteiger partial charge on any atom is -0.398 e. The highest BCUT2D eigenvalue weighted by molar-refractivity contribution is 5.63. The van der Waals surface area contributed by atoms with Gasteiger partial charge in [-0.15, -0.1) is 0 Å². The fourth-order valence-electron chi connectivity index (χ4n) is 1.24. The first kappa shape index (κ1) is 11.8. The molecule has 0 spiro atoms. The number of hydrogen-bond donors (Lipinski definition) is 4. The summed E-state index contributed by atoms with van der Waals surface area (Å²) in [6.45, 7) is 3.36. The van der Waals surface area contributed by atoms with Crippen LogP contribution in [0, 0.1) is 6.92 Å². The van der Waals surface area contributed by atoms with E-state index in [0.717, 1.165) is 11.3 Å². The quantitative estimate of drug-likeness (QED) is 0.552. The van der Waals surface area contributed by atoms with Crippen molar-refractivity contribution in [2.45, 2.75) is 19.4 Å². The molecule has 0 atom stereocenters. The Morgan fingerprint density at radius 1 is 1.33 bits per heavy atom. The molecular formula is C11H18N2O2. The van der Waals surface area contributed by atoms with Crippen LogP contribution in [-0.2, 0) is 0 Å². The number of aliphatic hydroxyl groups excluding tert-OH is 2. The third-order valence-corrected chi connectivity index (χ3v) is 2.51. The first-order chi connectivity index (χ1) is 7.02. The molecule has 0 aliphatic rings. The molecule has 1 aromatic rings. The van der Waals surface area contributed by atoms with Crippen LogP contribution in [0.1, 0.15) is 12.5 Å². The van der Waals surface area contributed by atoms with Crippen molar-refractivity contribution in [3.63, 3.8) is 0 Å². The largest absolute Gasteiger partial charge is 0.398 e. The van der Waals surface area contributed by atoms with E-state index in [1.165, 1.54) is 0 Å². The molecule has 0 aromatic heterocycles. The van der Waals surface area contributed by atoms with Gasteiger partial charge in [-0.25, -0.2) is 0 Å². The van der Waals surface area contributed by atoms with Gasteiger partial charge in [0.1, 0.15) is 0 Å². The summed E-state index contributed by atoms with van der Waals surface area (Å²) >= 11 is 0. The Labute approximate surface area is 89.7 Å². The number of aliphatic hydroxyl groups is 2. The van der Waals surface area contributed by atoms with E-state index < -0.39 is 5.54 Å². The van der Waals surface area contributed by atoms with Crippen molar-refractivity contribution in [3.8, 4) is 0 Å². The summed E-state index contributed by atoms with van der Waals surface area (Å²) in [5, 5.41) is 21.4. The summed E-state index contributed by atoms with van der Waals surface area (Å²) in [4.78, 5) is 0. The number of nitrogen functional groups attached to an aromatic ring is 1. The average Bonchev–Trinajstić information content (AvgIpc) is 2.25. The fourth-order valence-corrected chi connectivity index (χ4v) is 1.24. The molecule has 0 radical (unpaired) electrons. The van der Waals surface area contributed by atoms with Crippen molar-refractivity contribution in [2.24, 2.45) is 0 Å². The number of anilines is 2. The average molecular weight is 210 g/mol. The van der Waals surface area contributed by atoms with Crippen LogP contribution in [0.25, 0.3) is 0 Å². The van der Waals surface area contributed by atoms with Gasteiger partial charge >= 0.3 is 0 Å². The molecule has 0 heterocycles. The molecule has 15 heavy (non-hydrogen) atoms. The van der Waals surface area contributed by atoms with Gasteiger partial charge in [-0.2, -0.15) is 0 Å². The molecule has 1 aromatic carbocycles. The fraction of sp³-hybridized carbons (Fsp3) is 0.455. The van der Waals surface area contributed by atoms with E-state index in [4.69, 9.17) is 15.9 Å². The molecule has 84 valence electrons. The van der Waals surface area contributed by atoms with Gasteiger partial charge in [0.05, 0.1) is 18.8 Å². The van der Waals surface area contributed by atoms with Gasteiger partial charge in [-0.1, -0.05) is 6.07 Å². The molecule has 0 unspecified atom stereocenters. The maximum Gasteiger partial charge on any atom is 0.0806 e. The third kappa shape index (κ3) is 2.61. The smallest absolute Gasteiger partial charge is 0.0806 e. The van der Waals surface area contributed by atoms with Crippen molar-refractivity contribution in [1.82, 2.24) is 0 Å². The van der Waals surface area contributed by atoms with Crippen LogP contribution >= 0.6 is 0 Å². The predicted molar refractivity (Wildman–Crippen MR) is 61.8 cm³/mol. The van der Waals surface area contributed by atoms with Crippen LogP contribution < -0.4 is 11.1 Å². The summed E-state index contributed by atoms with van der Waals surface area (Å²) in [6.07, 6.45) is 0. The Hall–Kier alpha value is -1.26. The number of hydrogen-bond acceptors (Lipinski definition) is 4. The monoisotopic (exact) mass is 210 g/mol. The van der Waals surface area contributed by atoms with E-state index in [2.05, 4.69) is 5.32 Å². The highest BCUT2D eigenvalue weighted by Crippen LogP contribution is 2.23. The van der Waals surface area contributed by atoms with Gasteiger partial charge in [0.2, 0.25) is 0 Å². The predicted octanol–water partition coefficient (Wildman–Crippen LogP) is 0.732. The molecule has 0 saturated carbocycles. The molecular weight excluding hydrogens is 192 g/mol. The van der Waals surface area contributed by atoms with Crippen LogP contribution in [0.5, 0.6) is 0 Å². The zero-order valence-corrected chi connectivity index (χ0v) is 9.12. The second-order valence-corrected chi connectivity index (χ2v) is 4.02. The van der Waals surface area contributed by atoms with Crippen molar-refractivity contribution in [1.29, 1.82) is 0 Å². The molecule has 4 nitrogen and oxygen atoms in total. The molecule has 0 amide bonds. The topological polar surface area (TPSA) is 78.5 Å². The number of nitrogens with two attached hydrogens (primary N) is 1. The Kier molecular flexibility index (Phi) is 3.55. The van der Waals surface area contributed by atoms with Crippen molar-refractivity contribution >= 4 is 11.4 Å². The lowest BCUT2D eigenvalue weighted by molar-refractivity contribution is 0.147. The molecule has 0 aliphatic carbocycles. The van der Waals surface area contributed by atoms with E-state index in [1.807, 2.05) is 25.1 Å². The van der Waals surface area contributed by atoms with Gasteiger partial charge in [-0.3, -0.25) is 0 Å². The second kappa shape index (κ2) is 4.51. The zero-order valence-electron chi connectivity index (χ0n) is 9.12. The Morgan fingerprint density at radius 3 is 2.47 bits per heavy atom. The third-order valence-electron chi connectivity index (χ3n) is 2.51. The number of benzene rings is 1. The SMILES string of the molecule is Cc1c(N)cccc1NC(C)(CO)CO. The van der Waals surface area contributed by atoms with Crippen molar-refractivity contribution < 1.29 is 10.2 Å². The van der Waals surface area contributed by atoms with Gasteiger partial charge in [0.25, 0.3) is 0 Å². The first-order valence-electron chi connectivity index (χ1n) is 4.87. The van der Waals surface area contributed by atoms with E-state index in [-0.39, 0.29) is 13.2 Å². The van der Waals surface area contributed by atoms with Gasteiger partial charge in [-0.05, 0) is 31.5 Å². The van der Waals surface area contributed by atoms with E-state index in [0.29, 0.717) is 5.69 Å². The molecule has 1 rings (SSSR count).